The number of nitrogens with two attached hydrogens (primary N) is 1. The number of rotatable bonds is 11. The molecule has 0 saturated carbocycles. The third-order valence-corrected chi connectivity index (χ3v) is 7.28. The molecule has 0 fully saturated rings. The summed E-state index contributed by atoms with van der Waals surface area (Å²) >= 11 is 3.46. The van der Waals surface area contributed by atoms with E-state index in [1.54, 1.807) is 35.9 Å². The Morgan fingerprint density at radius 1 is 0.974 bits per heavy atom. The highest BCUT2D eigenvalue weighted by molar-refractivity contribution is 9.10. The number of benzene rings is 3. The lowest BCUT2D eigenvalue weighted by atomic mass is 10.1. The van der Waals surface area contributed by atoms with Crippen LogP contribution < -0.4 is 10.5 Å². The predicted molar refractivity (Wildman–Crippen MR) is 152 cm³/mol. The van der Waals surface area contributed by atoms with Crippen LogP contribution in [0.4, 0.5) is 5.69 Å². The van der Waals surface area contributed by atoms with Crippen LogP contribution in [-0.2, 0) is 30.8 Å². The smallest absolute Gasteiger partial charge is 0.250 e. The number of ketones is 1. The number of carbonyl (C=O) groups excluding carboxylic acids is 2. The van der Waals surface area contributed by atoms with Gasteiger partial charge in [0.15, 0.2) is 5.78 Å². The van der Waals surface area contributed by atoms with Crippen LogP contribution in [0.5, 0.6) is 0 Å². The molecular formula is C28H27BrN4O5S. The third kappa shape index (κ3) is 7.70. The van der Waals surface area contributed by atoms with Crippen LogP contribution in [0.15, 0.2) is 88.2 Å². The highest BCUT2D eigenvalue weighted by Crippen LogP contribution is 2.27. The molecule has 0 radical (unpaired) electrons. The van der Waals surface area contributed by atoms with Gasteiger partial charge in [0.05, 0.1) is 22.0 Å². The van der Waals surface area contributed by atoms with E-state index in [2.05, 4.69) is 21.2 Å². The number of hydrogen-bond donors (Lipinski definition) is 2. The van der Waals surface area contributed by atoms with Crippen LogP contribution in [-0.4, -0.2) is 43.1 Å². The third-order valence-electron chi connectivity index (χ3n) is 5.82. The Hall–Kier alpha value is -3.64. The van der Waals surface area contributed by atoms with Crippen molar-refractivity contribution in [2.75, 3.05) is 18.5 Å². The minimum atomic E-state index is -3.81. The van der Waals surface area contributed by atoms with Crippen LogP contribution in [0.2, 0.25) is 0 Å². The molecule has 202 valence electrons. The largest absolute Gasteiger partial charge is 0.364 e. The molecule has 1 amide bonds. The van der Waals surface area contributed by atoms with Crippen molar-refractivity contribution in [1.82, 2.24) is 9.78 Å². The summed E-state index contributed by atoms with van der Waals surface area (Å²) in [6, 6.07) is 23.4. The Morgan fingerprint density at radius 2 is 1.64 bits per heavy atom. The number of nitrogens with zero attached hydrogens (tertiary/aromatic N) is 2. The number of aromatic nitrogens is 2. The SMILES string of the molecule is CCC(=O)COCC(=O)Nc1ccc(Cc2cc(-c3ccc(Br)cc3)n(-c3ccc(S(N)(=O)=O)cc3)n2)cc1. The van der Waals surface area contributed by atoms with E-state index >= 15 is 0 Å². The molecule has 0 aliphatic carbocycles. The van der Waals surface area contributed by atoms with E-state index in [0.717, 1.165) is 27.0 Å². The molecule has 0 aliphatic rings. The maximum Gasteiger partial charge on any atom is 0.250 e. The van der Waals surface area contributed by atoms with Crippen molar-refractivity contribution in [3.63, 3.8) is 0 Å². The second-order valence-electron chi connectivity index (χ2n) is 8.79. The molecule has 11 heteroatoms. The van der Waals surface area contributed by atoms with Gasteiger partial charge in [-0.3, -0.25) is 9.59 Å². The van der Waals surface area contributed by atoms with Gasteiger partial charge in [0.1, 0.15) is 13.2 Å². The first-order chi connectivity index (χ1) is 18.6. The highest BCUT2D eigenvalue weighted by Gasteiger charge is 2.14. The van der Waals surface area contributed by atoms with Crippen molar-refractivity contribution in [2.24, 2.45) is 5.14 Å². The van der Waals surface area contributed by atoms with Gasteiger partial charge >= 0.3 is 0 Å². The fourth-order valence-electron chi connectivity index (χ4n) is 3.79. The first-order valence-electron chi connectivity index (χ1n) is 12.1. The van der Waals surface area contributed by atoms with Gasteiger partial charge < -0.3 is 10.1 Å². The molecule has 0 bridgehead atoms. The van der Waals surface area contributed by atoms with Gasteiger partial charge in [-0.1, -0.05) is 47.1 Å². The van der Waals surface area contributed by atoms with Crippen LogP contribution in [0.25, 0.3) is 16.9 Å². The molecule has 39 heavy (non-hydrogen) atoms. The number of ether oxygens (including phenoxy) is 1. The zero-order valence-corrected chi connectivity index (χ0v) is 23.5. The Bertz CT molecular complexity index is 1570. The van der Waals surface area contributed by atoms with E-state index < -0.39 is 10.0 Å². The lowest BCUT2D eigenvalue weighted by Crippen LogP contribution is -2.20. The topological polar surface area (TPSA) is 133 Å². The number of hydrogen-bond acceptors (Lipinski definition) is 6. The van der Waals surface area contributed by atoms with Gasteiger partial charge in [-0.2, -0.15) is 5.10 Å². The number of halogens is 1. The number of Topliss-reactive ketones (excluding diaryl/α,β-unsaturated/α-hetero) is 1. The number of primary sulfonamides is 1. The number of anilines is 1. The van der Waals surface area contributed by atoms with Gasteiger partial charge in [0, 0.05) is 28.6 Å². The van der Waals surface area contributed by atoms with Gasteiger partial charge in [0.2, 0.25) is 15.9 Å². The van der Waals surface area contributed by atoms with Crippen molar-refractivity contribution in [2.45, 2.75) is 24.7 Å². The van der Waals surface area contributed by atoms with Gasteiger partial charge in [-0.15, -0.1) is 0 Å². The van der Waals surface area contributed by atoms with Crippen LogP contribution in [0.1, 0.15) is 24.6 Å². The summed E-state index contributed by atoms with van der Waals surface area (Å²) in [6.45, 7) is 1.48. The van der Waals surface area contributed by atoms with Crippen LogP contribution in [0, 0.1) is 0 Å². The van der Waals surface area contributed by atoms with Crippen LogP contribution >= 0.6 is 15.9 Å². The van der Waals surface area contributed by atoms with Crippen LogP contribution in [0.3, 0.4) is 0 Å². The monoisotopic (exact) mass is 610 g/mol. The molecule has 3 N–H and O–H groups in total. The van der Waals surface area contributed by atoms with E-state index in [9.17, 15) is 18.0 Å². The van der Waals surface area contributed by atoms with E-state index in [0.29, 0.717) is 24.2 Å². The molecule has 3 aromatic carbocycles. The Kier molecular flexibility index (Phi) is 9.08. The van der Waals surface area contributed by atoms with Crippen molar-refractivity contribution >= 4 is 43.3 Å². The van der Waals surface area contributed by atoms with E-state index in [4.69, 9.17) is 15.0 Å². The number of sulfonamides is 1. The minimum Gasteiger partial charge on any atom is -0.364 e. The maximum absolute atomic E-state index is 12.1. The fourth-order valence-corrected chi connectivity index (χ4v) is 4.57. The fraction of sp³-hybridized carbons (Fsp3) is 0.179. The first-order valence-corrected chi connectivity index (χ1v) is 14.4. The molecule has 1 heterocycles. The molecule has 0 saturated heterocycles. The molecule has 4 aromatic rings. The minimum absolute atomic E-state index is 0.0250. The summed E-state index contributed by atoms with van der Waals surface area (Å²) in [6.07, 6.45) is 0.902. The second kappa shape index (κ2) is 12.5. The van der Waals surface area contributed by atoms with E-state index in [1.807, 2.05) is 42.5 Å². The molecule has 0 unspecified atom stereocenters. The summed E-state index contributed by atoms with van der Waals surface area (Å²) in [5.74, 6) is -0.392. The predicted octanol–water partition coefficient (Wildman–Crippen LogP) is 4.47. The lowest BCUT2D eigenvalue weighted by Gasteiger charge is -2.08. The number of carbonyl (C=O) groups is 2. The van der Waals surface area contributed by atoms with Crippen molar-refractivity contribution in [3.8, 4) is 16.9 Å². The summed E-state index contributed by atoms with van der Waals surface area (Å²) in [5.41, 5.74) is 4.86. The zero-order valence-electron chi connectivity index (χ0n) is 21.1. The quantitative estimate of drug-likeness (QED) is 0.257. The van der Waals surface area contributed by atoms with Gasteiger partial charge in [-0.25, -0.2) is 18.2 Å². The van der Waals surface area contributed by atoms with Crippen molar-refractivity contribution in [3.05, 3.63) is 94.6 Å². The lowest BCUT2D eigenvalue weighted by molar-refractivity contribution is -0.127. The van der Waals surface area contributed by atoms with E-state index in [-0.39, 0.29) is 29.8 Å². The second-order valence-corrected chi connectivity index (χ2v) is 11.3. The molecule has 9 nitrogen and oxygen atoms in total. The molecule has 0 aliphatic heterocycles. The first kappa shape index (κ1) is 28.4. The molecule has 0 spiro atoms. The highest BCUT2D eigenvalue weighted by atomic mass is 79.9. The Labute approximate surface area is 235 Å². The van der Waals surface area contributed by atoms with Crippen molar-refractivity contribution in [1.29, 1.82) is 0 Å². The Morgan fingerprint density at radius 3 is 2.26 bits per heavy atom. The van der Waals surface area contributed by atoms with Gasteiger partial charge in [0.25, 0.3) is 0 Å². The summed E-state index contributed by atoms with van der Waals surface area (Å²) < 4.78 is 31.2. The van der Waals surface area contributed by atoms with E-state index in [1.165, 1.54) is 12.1 Å². The Balaban J connectivity index is 1.52. The number of nitrogens with one attached hydrogen (secondary N) is 1. The molecule has 0 atom stereocenters. The molecule has 1 aromatic heterocycles. The molecular weight excluding hydrogens is 584 g/mol. The number of amides is 1. The van der Waals surface area contributed by atoms with Gasteiger partial charge in [-0.05, 0) is 60.2 Å². The van der Waals surface area contributed by atoms with Crippen molar-refractivity contribution < 1.29 is 22.7 Å². The summed E-state index contributed by atoms with van der Waals surface area (Å²) in [7, 11) is -3.81. The maximum atomic E-state index is 12.1. The summed E-state index contributed by atoms with van der Waals surface area (Å²) in [5, 5.41) is 12.8. The average molecular weight is 612 g/mol. The summed E-state index contributed by atoms with van der Waals surface area (Å²) in [4.78, 5) is 23.4. The standard InChI is InChI=1S/C28H27BrN4O5S/c1-2-25(34)17-38-18-28(35)31-22-9-3-19(4-10-22)15-23-16-27(20-5-7-21(29)8-6-20)33(32-23)24-11-13-26(14-12-24)39(30,36)37/h3-14,16H,2,15,17-18H2,1H3,(H,31,35)(H2,30,36,37). The average Bonchev–Trinajstić information content (AvgIpc) is 3.33. The molecule has 4 rings (SSSR count). The normalized spacial score (nSPS) is 11.4. The zero-order chi connectivity index (χ0) is 28.0.